The number of sulfonamides is 1. The summed E-state index contributed by atoms with van der Waals surface area (Å²) in [7, 11) is -1.62. The molecule has 2 heterocycles. The van der Waals surface area contributed by atoms with E-state index in [0.717, 1.165) is 12.0 Å². The molecule has 19 heavy (non-hydrogen) atoms. The summed E-state index contributed by atoms with van der Waals surface area (Å²) in [6.07, 6.45) is 4.35. The number of pyridine rings is 1. The topological polar surface area (TPSA) is 62.3 Å². The number of aromatic nitrogens is 1. The highest BCUT2D eigenvalue weighted by Gasteiger charge is 2.26. The third-order valence-electron chi connectivity index (χ3n) is 3.18. The van der Waals surface area contributed by atoms with Crippen LogP contribution in [0.15, 0.2) is 35.0 Å². The van der Waals surface area contributed by atoms with Crippen molar-refractivity contribution in [2.24, 2.45) is 0 Å². The van der Waals surface area contributed by atoms with Crippen molar-refractivity contribution in [3.05, 3.63) is 35.5 Å². The molecule has 0 spiro atoms. The van der Waals surface area contributed by atoms with Crippen LogP contribution in [0.2, 0.25) is 0 Å². The molecule has 0 atom stereocenters. The Morgan fingerprint density at radius 1 is 1.42 bits per heavy atom. The second-order valence-electron chi connectivity index (χ2n) is 4.70. The molecule has 0 amide bonds. The van der Waals surface area contributed by atoms with Gasteiger partial charge in [-0.1, -0.05) is 17.7 Å². The molecule has 0 aromatic carbocycles. The maximum Gasteiger partial charge on any atom is 0.260 e. The van der Waals surface area contributed by atoms with Crippen molar-refractivity contribution in [3.8, 4) is 0 Å². The Balaban J connectivity index is 2.20. The SMILES string of the molecule is CNCc1ccc(S(=O)(=O)N2CC=C(C)CC2)nc1. The Bertz CT molecular complexity index is 564. The number of hydrogen-bond donors (Lipinski definition) is 1. The van der Waals surface area contributed by atoms with Gasteiger partial charge >= 0.3 is 0 Å². The molecular formula is C13H19N3O2S. The summed E-state index contributed by atoms with van der Waals surface area (Å²) in [5, 5.41) is 3.13. The minimum atomic E-state index is -3.46. The van der Waals surface area contributed by atoms with E-state index in [1.807, 2.05) is 20.0 Å². The van der Waals surface area contributed by atoms with E-state index in [2.05, 4.69) is 10.3 Å². The number of nitrogens with zero attached hydrogens (tertiary/aromatic N) is 2. The quantitative estimate of drug-likeness (QED) is 0.841. The smallest absolute Gasteiger partial charge is 0.260 e. The third-order valence-corrected chi connectivity index (χ3v) is 4.96. The molecule has 1 N–H and O–H groups in total. The van der Waals surface area contributed by atoms with Crippen LogP contribution < -0.4 is 5.32 Å². The molecule has 0 bridgehead atoms. The Kier molecular flexibility index (Phi) is 4.34. The summed E-state index contributed by atoms with van der Waals surface area (Å²) in [5.74, 6) is 0. The molecule has 0 saturated heterocycles. The van der Waals surface area contributed by atoms with Crippen LogP contribution in [0, 0.1) is 0 Å². The van der Waals surface area contributed by atoms with E-state index in [9.17, 15) is 8.42 Å². The molecule has 104 valence electrons. The molecular weight excluding hydrogens is 262 g/mol. The van der Waals surface area contributed by atoms with Crippen LogP contribution in [0.1, 0.15) is 18.9 Å². The van der Waals surface area contributed by atoms with Gasteiger partial charge in [-0.05, 0) is 32.0 Å². The van der Waals surface area contributed by atoms with E-state index in [0.29, 0.717) is 19.6 Å². The van der Waals surface area contributed by atoms with Gasteiger partial charge in [0.2, 0.25) is 0 Å². The molecule has 0 aliphatic carbocycles. The summed E-state index contributed by atoms with van der Waals surface area (Å²) in [6, 6.07) is 3.37. The first kappa shape index (κ1) is 14.2. The van der Waals surface area contributed by atoms with Crippen molar-refractivity contribution in [2.45, 2.75) is 24.9 Å². The first-order valence-electron chi connectivity index (χ1n) is 6.29. The second-order valence-corrected chi connectivity index (χ2v) is 6.58. The highest BCUT2D eigenvalue weighted by molar-refractivity contribution is 7.89. The maximum atomic E-state index is 12.4. The van der Waals surface area contributed by atoms with Crippen LogP contribution in [0.25, 0.3) is 0 Å². The van der Waals surface area contributed by atoms with Gasteiger partial charge in [-0.2, -0.15) is 4.31 Å². The molecule has 2 rings (SSSR count). The van der Waals surface area contributed by atoms with Gasteiger partial charge in [0, 0.05) is 25.8 Å². The summed E-state index contributed by atoms with van der Waals surface area (Å²) in [6.45, 7) is 3.67. The van der Waals surface area contributed by atoms with Crippen molar-refractivity contribution < 1.29 is 8.42 Å². The van der Waals surface area contributed by atoms with Crippen LogP contribution >= 0.6 is 0 Å². The standard InChI is InChI=1S/C13H19N3O2S/c1-11-5-7-16(8-6-11)19(17,18)13-4-3-12(9-14-2)10-15-13/h3-5,10,14H,6-9H2,1-2H3. The van der Waals surface area contributed by atoms with Crippen molar-refractivity contribution in [1.29, 1.82) is 0 Å². The summed E-state index contributed by atoms with van der Waals surface area (Å²) < 4.78 is 26.2. The monoisotopic (exact) mass is 281 g/mol. The van der Waals surface area contributed by atoms with Gasteiger partial charge in [-0.3, -0.25) is 0 Å². The van der Waals surface area contributed by atoms with Crippen molar-refractivity contribution >= 4 is 10.0 Å². The second kappa shape index (κ2) is 5.81. The first-order valence-corrected chi connectivity index (χ1v) is 7.73. The molecule has 0 unspecified atom stereocenters. The highest BCUT2D eigenvalue weighted by atomic mass is 32.2. The van der Waals surface area contributed by atoms with E-state index < -0.39 is 10.0 Å². The summed E-state index contributed by atoms with van der Waals surface area (Å²) in [4.78, 5) is 4.07. The molecule has 6 heteroatoms. The molecule has 0 saturated carbocycles. The molecule has 5 nitrogen and oxygen atoms in total. The van der Waals surface area contributed by atoms with Crippen molar-refractivity contribution in [3.63, 3.8) is 0 Å². The van der Waals surface area contributed by atoms with Crippen molar-refractivity contribution in [1.82, 2.24) is 14.6 Å². The predicted octanol–water partition coefficient (Wildman–Crippen LogP) is 1.14. The van der Waals surface area contributed by atoms with Gasteiger partial charge in [0.1, 0.15) is 0 Å². The number of nitrogens with one attached hydrogen (secondary N) is 1. The van der Waals surface area contributed by atoms with Crippen LogP contribution in [0.4, 0.5) is 0 Å². The lowest BCUT2D eigenvalue weighted by Gasteiger charge is -2.24. The Labute approximate surface area is 114 Å². The molecule has 1 aliphatic heterocycles. The lowest BCUT2D eigenvalue weighted by atomic mass is 10.1. The van der Waals surface area contributed by atoms with E-state index >= 15 is 0 Å². The number of hydrogen-bond acceptors (Lipinski definition) is 4. The van der Waals surface area contributed by atoms with E-state index in [1.165, 1.54) is 9.88 Å². The molecule has 1 aromatic heterocycles. The van der Waals surface area contributed by atoms with E-state index in [1.54, 1.807) is 18.3 Å². The average molecular weight is 281 g/mol. The maximum absolute atomic E-state index is 12.4. The van der Waals surface area contributed by atoms with Crippen molar-refractivity contribution in [2.75, 3.05) is 20.1 Å². The normalized spacial score (nSPS) is 17.3. The lowest BCUT2D eigenvalue weighted by molar-refractivity contribution is 0.429. The van der Waals surface area contributed by atoms with E-state index in [-0.39, 0.29) is 5.03 Å². The van der Waals surface area contributed by atoms with Gasteiger partial charge < -0.3 is 5.32 Å². The fraction of sp³-hybridized carbons (Fsp3) is 0.462. The van der Waals surface area contributed by atoms with Crippen LogP contribution in [0.3, 0.4) is 0 Å². The Hall–Kier alpha value is -1.24. The molecule has 0 radical (unpaired) electrons. The average Bonchev–Trinajstić information content (AvgIpc) is 2.40. The summed E-state index contributed by atoms with van der Waals surface area (Å²) >= 11 is 0. The lowest BCUT2D eigenvalue weighted by Crippen LogP contribution is -2.35. The zero-order valence-electron chi connectivity index (χ0n) is 11.3. The first-order chi connectivity index (χ1) is 9.04. The van der Waals surface area contributed by atoms with Gasteiger partial charge in [0.05, 0.1) is 0 Å². The zero-order valence-corrected chi connectivity index (χ0v) is 12.1. The molecule has 0 fully saturated rings. The Morgan fingerprint density at radius 3 is 2.74 bits per heavy atom. The molecule has 1 aliphatic rings. The zero-order chi connectivity index (χ0) is 13.9. The fourth-order valence-corrected chi connectivity index (χ4v) is 3.27. The van der Waals surface area contributed by atoms with E-state index in [4.69, 9.17) is 0 Å². The van der Waals surface area contributed by atoms with Gasteiger partial charge in [-0.15, -0.1) is 0 Å². The fourth-order valence-electron chi connectivity index (χ4n) is 1.97. The predicted molar refractivity (Wildman–Crippen MR) is 74.1 cm³/mol. The summed E-state index contributed by atoms with van der Waals surface area (Å²) in [5.41, 5.74) is 2.21. The van der Waals surface area contributed by atoms with Crippen LogP contribution in [-0.4, -0.2) is 37.8 Å². The van der Waals surface area contributed by atoms with Gasteiger partial charge in [0.15, 0.2) is 5.03 Å². The van der Waals surface area contributed by atoms with Crippen LogP contribution in [0.5, 0.6) is 0 Å². The highest BCUT2D eigenvalue weighted by Crippen LogP contribution is 2.18. The number of rotatable bonds is 4. The van der Waals surface area contributed by atoms with Crippen LogP contribution in [-0.2, 0) is 16.6 Å². The van der Waals surface area contributed by atoms with Gasteiger partial charge in [-0.25, -0.2) is 13.4 Å². The largest absolute Gasteiger partial charge is 0.316 e. The Morgan fingerprint density at radius 2 is 2.21 bits per heavy atom. The minimum Gasteiger partial charge on any atom is -0.316 e. The van der Waals surface area contributed by atoms with Gasteiger partial charge in [0.25, 0.3) is 10.0 Å². The molecule has 1 aromatic rings. The third kappa shape index (κ3) is 3.20. The minimum absolute atomic E-state index is 0.125.